The van der Waals surface area contributed by atoms with E-state index >= 15 is 0 Å². The minimum Gasteiger partial charge on any atom is -0.369 e. The normalized spacial score (nSPS) is 15.7. The van der Waals surface area contributed by atoms with Gasteiger partial charge in [-0.05, 0) is 45.1 Å². The quantitative estimate of drug-likeness (QED) is 0.686. The van der Waals surface area contributed by atoms with Crippen LogP contribution in [0.15, 0.2) is 9.95 Å². The highest BCUT2D eigenvalue weighted by molar-refractivity contribution is 8.00. The van der Waals surface area contributed by atoms with Crippen molar-refractivity contribution in [3.8, 4) is 0 Å². The van der Waals surface area contributed by atoms with Gasteiger partial charge in [0.05, 0.1) is 10.6 Å². The van der Waals surface area contributed by atoms with E-state index in [0.29, 0.717) is 11.7 Å². The van der Waals surface area contributed by atoms with Gasteiger partial charge >= 0.3 is 0 Å². The molecule has 2 N–H and O–H groups in total. The Morgan fingerprint density at radius 2 is 2.18 bits per heavy atom. The number of amides is 1. The Labute approximate surface area is 136 Å². The van der Waals surface area contributed by atoms with Crippen molar-refractivity contribution < 1.29 is 4.79 Å². The molecule has 0 fully saturated rings. The van der Waals surface area contributed by atoms with E-state index in [1.54, 1.807) is 22.8 Å². The van der Waals surface area contributed by atoms with Crippen molar-refractivity contribution >= 4 is 39.2 Å². The Bertz CT molecular complexity index is 794. The SMILES string of the molecule is CCn1c(S[C@H](C)C(N)=O)nc2sc3c(c2c1=O)CCCC3. The van der Waals surface area contributed by atoms with E-state index < -0.39 is 11.2 Å². The van der Waals surface area contributed by atoms with E-state index in [1.165, 1.54) is 28.6 Å². The molecule has 7 heteroatoms. The lowest BCUT2D eigenvalue weighted by Crippen LogP contribution is -2.27. The van der Waals surface area contributed by atoms with Gasteiger partial charge < -0.3 is 5.73 Å². The number of fused-ring (bicyclic) bond motifs is 3. The Morgan fingerprint density at radius 3 is 2.86 bits per heavy atom. The van der Waals surface area contributed by atoms with Gasteiger partial charge in [0.1, 0.15) is 4.83 Å². The van der Waals surface area contributed by atoms with Gasteiger partial charge in [0.15, 0.2) is 5.16 Å². The highest BCUT2D eigenvalue weighted by atomic mass is 32.2. The van der Waals surface area contributed by atoms with E-state index in [4.69, 9.17) is 5.73 Å². The lowest BCUT2D eigenvalue weighted by Gasteiger charge is -2.13. The van der Waals surface area contributed by atoms with Gasteiger partial charge in [0, 0.05) is 11.4 Å². The summed E-state index contributed by atoms with van der Waals surface area (Å²) in [5, 5.41) is 0.972. The molecule has 0 saturated carbocycles. The molecule has 5 nitrogen and oxygen atoms in total. The van der Waals surface area contributed by atoms with E-state index in [9.17, 15) is 9.59 Å². The number of nitrogens with two attached hydrogens (primary N) is 1. The second kappa shape index (κ2) is 6.04. The van der Waals surface area contributed by atoms with Crippen LogP contribution in [0.5, 0.6) is 0 Å². The summed E-state index contributed by atoms with van der Waals surface area (Å²) < 4.78 is 1.66. The van der Waals surface area contributed by atoms with Gasteiger partial charge in [-0.25, -0.2) is 4.98 Å². The van der Waals surface area contributed by atoms with Gasteiger partial charge in [-0.3, -0.25) is 14.2 Å². The summed E-state index contributed by atoms with van der Waals surface area (Å²) in [6.07, 6.45) is 4.34. The Balaban J connectivity index is 2.18. The van der Waals surface area contributed by atoms with Crippen LogP contribution in [0, 0.1) is 0 Å². The zero-order valence-electron chi connectivity index (χ0n) is 12.7. The van der Waals surface area contributed by atoms with Gasteiger partial charge in [-0.1, -0.05) is 11.8 Å². The third-order valence-corrected chi connectivity index (χ3v) is 6.33. The molecule has 2 heterocycles. The van der Waals surface area contributed by atoms with E-state index in [1.807, 2.05) is 6.92 Å². The van der Waals surface area contributed by atoms with Crippen molar-refractivity contribution in [1.29, 1.82) is 0 Å². The summed E-state index contributed by atoms with van der Waals surface area (Å²) in [6, 6.07) is 0. The van der Waals surface area contributed by atoms with Crippen LogP contribution in [0.4, 0.5) is 0 Å². The smallest absolute Gasteiger partial charge is 0.263 e. The number of rotatable bonds is 4. The van der Waals surface area contributed by atoms with E-state index in [0.717, 1.165) is 29.5 Å². The van der Waals surface area contributed by atoms with Gasteiger partial charge in [-0.2, -0.15) is 0 Å². The number of thiophene rings is 1. The minimum atomic E-state index is -0.406. The number of primary amides is 1. The molecule has 22 heavy (non-hydrogen) atoms. The predicted octanol–water partition coefficient (Wildman–Crippen LogP) is 2.32. The molecular formula is C15H19N3O2S2. The van der Waals surface area contributed by atoms with Crippen molar-refractivity contribution in [3.63, 3.8) is 0 Å². The Kier molecular flexibility index (Phi) is 4.27. The second-order valence-electron chi connectivity index (χ2n) is 5.50. The average molecular weight is 337 g/mol. The number of carbonyl (C=O) groups is 1. The first-order valence-electron chi connectivity index (χ1n) is 7.54. The topological polar surface area (TPSA) is 78.0 Å². The number of carbonyl (C=O) groups excluding carboxylic acids is 1. The molecule has 0 unspecified atom stereocenters. The highest BCUT2D eigenvalue weighted by Crippen LogP contribution is 2.35. The number of nitrogens with zero attached hydrogens (tertiary/aromatic N) is 2. The molecule has 0 aliphatic heterocycles. The van der Waals surface area contributed by atoms with Crippen LogP contribution in [0.25, 0.3) is 10.2 Å². The molecule has 0 spiro atoms. The lowest BCUT2D eigenvalue weighted by atomic mass is 9.97. The van der Waals surface area contributed by atoms with Gasteiger partial charge in [-0.15, -0.1) is 11.3 Å². The van der Waals surface area contributed by atoms with Crippen LogP contribution in [0.1, 0.15) is 37.1 Å². The Hall–Kier alpha value is -1.34. The van der Waals surface area contributed by atoms with Crippen molar-refractivity contribution in [1.82, 2.24) is 9.55 Å². The standard InChI is InChI=1S/C15H19N3O2S2/c1-3-18-14(20)11-9-6-4-5-7-10(9)22-13(11)17-15(18)21-8(2)12(16)19/h8H,3-7H2,1-2H3,(H2,16,19)/t8-/m1/s1. The number of aromatic nitrogens is 2. The zero-order chi connectivity index (χ0) is 15.9. The minimum absolute atomic E-state index is 0.0195. The lowest BCUT2D eigenvalue weighted by molar-refractivity contribution is -0.117. The van der Waals surface area contributed by atoms with E-state index in [-0.39, 0.29) is 5.56 Å². The third-order valence-electron chi connectivity index (χ3n) is 4.04. The Morgan fingerprint density at radius 1 is 1.45 bits per heavy atom. The molecule has 2 aromatic heterocycles. The largest absolute Gasteiger partial charge is 0.369 e. The summed E-state index contributed by atoms with van der Waals surface area (Å²) in [7, 11) is 0. The molecule has 3 rings (SSSR count). The maximum Gasteiger partial charge on any atom is 0.263 e. The van der Waals surface area contributed by atoms with Crippen LogP contribution in [-0.4, -0.2) is 20.7 Å². The molecule has 0 saturated heterocycles. The number of hydrogen-bond donors (Lipinski definition) is 1. The van der Waals surface area contributed by atoms with Crippen molar-refractivity contribution in [2.45, 2.75) is 56.5 Å². The number of thioether (sulfide) groups is 1. The summed E-state index contributed by atoms with van der Waals surface area (Å²) in [5.41, 5.74) is 6.55. The molecule has 1 atom stereocenters. The summed E-state index contributed by atoms with van der Waals surface area (Å²) in [6.45, 7) is 4.20. The van der Waals surface area contributed by atoms with Crippen LogP contribution < -0.4 is 11.3 Å². The maximum atomic E-state index is 12.9. The molecule has 0 bridgehead atoms. The molecular weight excluding hydrogens is 318 g/mol. The second-order valence-corrected chi connectivity index (χ2v) is 7.89. The fourth-order valence-electron chi connectivity index (χ4n) is 2.80. The first-order chi connectivity index (χ1) is 10.5. The number of hydrogen-bond acceptors (Lipinski definition) is 5. The van der Waals surface area contributed by atoms with Crippen molar-refractivity contribution in [3.05, 3.63) is 20.8 Å². The fraction of sp³-hybridized carbons (Fsp3) is 0.533. The third kappa shape index (κ3) is 2.56. The first kappa shape index (κ1) is 15.6. The summed E-state index contributed by atoms with van der Waals surface area (Å²) in [4.78, 5) is 30.9. The van der Waals surface area contributed by atoms with Crippen molar-refractivity contribution in [2.24, 2.45) is 5.73 Å². The maximum absolute atomic E-state index is 12.9. The summed E-state index contributed by atoms with van der Waals surface area (Å²) in [5.74, 6) is -0.396. The van der Waals surface area contributed by atoms with Crippen LogP contribution in [0.3, 0.4) is 0 Å². The van der Waals surface area contributed by atoms with Gasteiger partial charge in [0.25, 0.3) is 5.56 Å². The highest BCUT2D eigenvalue weighted by Gasteiger charge is 2.23. The zero-order valence-corrected chi connectivity index (χ0v) is 14.4. The molecule has 2 aromatic rings. The first-order valence-corrected chi connectivity index (χ1v) is 9.23. The molecule has 0 aromatic carbocycles. The predicted molar refractivity (Wildman–Crippen MR) is 90.7 cm³/mol. The van der Waals surface area contributed by atoms with Crippen LogP contribution in [-0.2, 0) is 24.2 Å². The molecule has 1 aliphatic carbocycles. The number of aryl methyl sites for hydroxylation is 2. The summed E-state index contributed by atoms with van der Waals surface area (Å²) >= 11 is 2.89. The van der Waals surface area contributed by atoms with Crippen molar-refractivity contribution in [2.75, 3.05) is 0 Å². The molecule has 0 radical (unpaired) electrons. The molecule has 118 valence electrons. The molecule has 1 amide bonds. The monoisotopic (exact) mass is 337 g/mol. The fourth-order valence-corrected chi connectivity index (χ4v) is 5.03. The average Bonchev–Trinajstić information content (AvgIpc) is 2.85. The van der Waals surface area contributed by atoms with Gasteiger partial charge in [0.2, 0.25) is 5.91 Å². The van der Waals surface area contributed by atoms with Crippen LogP contribution >= 0.6 is 23.1 Å². The van der Waals surface area contributed by atoms with E-state index in [2.05, 4.69) is 4.98 Å². The van der Waals surface area contributed by atoms with Crippen LogP contribution in [0.2, 0.25) is 0 Å². The molecule has 1 aliphatic rings.